The quantitative estimate of drug-likeness (QED) is 0.812. The average Bonchev–Trinajstić information content (AvgIpc) is 2.42. The van der Waals surface area contributed by atoms with Crippen molar-refractivity contribution in [3.05, 3.63) is 65.0 Å². The fourth-order valence-corrected chi connectivity index (χ4v) is 2.00. The summed E-state index contributed by atoms with van der Waals surface area (Å²) in [5, 5.41) is 3.26. The van der Waals surface area contributed by atoms with Gasteiger partial charge in [-0.05, 0) is 54.8 Å². The molecule has 0 spiro atoms. The van der Waals surface area contributed by atoms with Gasteiger partial charge in [0.05, 0.1) is 0 Å². The molecule has 0 amide bonds. The van der Waals surface area contributed by atoms with E-state index in [1.807, 2.05) is 38.1 Å². The van der Waals surface area contributed by atoms with E-state index in [1.165, 1.54) is 11.6 Å². The van der Waals surface area contributed by atoms with Crippen LogP contribution in [0.5, 0.6) is 5.75 Å². The van der Waals surface area contributed by atoms with Crippen molar-refractivity contribution in [3.63, 3.8) is 0 Å². The molecule has 106 valence electrons. The Balaban J connectivity index is 1.73. The molecule has 0 unspecified atom stereocenters. The Kier molecular flexibility index (Phi) is 5.13. The lowest BCUT2D eigenvalue weighted by Crippen LogP contribution is -2.21. The van der Waals surface area contributed by atoms with E-state index >= 15 is 0 Å². The zero-order valence-corrected chi connectivity index (χ0v) is 11.9. The minimum Gasteiger partial charge on any atom is -0.492 e. The van der Waals surface area contributed by atoms with Gasteiger partial charge >= 0.3 is 0 Å². The number of rotatable bonds is 6. The van der Waals surface area contributed by atoms with Crippen LogP contribution in [0.2, 0.25) is 0 Å². The molecule has 3 heteroatoms. The molecule has 0 saturated heterocycles. The highest BCUT2D eigenvalue weighted by atomic mass is 19.1. The second kappa shape index (κ2) is 7.06. The second-order valence-electron chi connectivity index (χ2n) is 4.91. The lowest BCUT2D eigenvalue weighted by atomic mass is 10.1. The third-order valence-corrected chi connectivity index (χ3v) is 3.16. The first-order valence-electron chi connectivity index (χ1n) is 6.80. The zero-order chi connectivity index (χ0) is 14.4. The molecule has 2 aromatic rings. The highest BCUT2D eigenvalue weighted by molar-refractivity contribution is 5.27. The molecule has 0 aliphatic rings. The van der Waals surface area contributed by atoms with E-state index in [-0.39, 0.29) is 5.82 Å². The maximum atomic E-state index is 13.1. The lowest BCUT2D eigenvalue weighted by molar-refractivity contribution is 0.313. The molecule has 0 atom stereocenters. The molecule has 0 aromatic heterocycles. The highest BCUT2D eigenvalue weighted by Gasteiger charge is 2.00. The predicted molar refractivity (Wildman–Crippen MR) is 79.5 cm³/mol. The highest BCUT2D eigenvalue weighted by Crippen LogP contribution is 2.12. The largest absolute Gasteiger partial charge is 0.492 e. The summed E-state index contributed by atoms with van der Waals surface area (Å²) >= 11 is 0. The molecule has 0 aliphatic heterocycles. The standard InChI is InChI=1S/C17H20FNO/c1-13-4-3-5-17(10-13)20-9-8-19-12-15-11-16(18)7-6-14(15)2/h3-7,10-11,19H,8-9,12H2,1-2H3. The fraction of sp³-hybridized carbons (Fsp3) is 0.294. The van der Waals surface area contributed by atoms with Gasteiger partial charge in [-0.1, -0.05) is 18.2 Å². The van der Waals surface area contributed by atoms with Crippen LogP contribution in [0.1, 0.15) is 16.7 Å². The number of halogens is 1. The van der Waals surface area contributed by atoms with Crippen molar-refractivity contribution < 1.29 is 9.13 Å². The van der Waals surface area contributed by atoms with E-state index in [0.717, 1.165) is 23.4 Å². The van der Waals surface area contributed by atoms with Crippen LogP contribution in [-0.2, 0) is 6.54 Å². The molecule has 2 rings (SSSR count). The Bertz CT molecular complexity index is 569. The summed E-state index contributed by atoms with van der Waals surface area (Å²) in [6, 6.07) is 12.8. The number of nitrogens with one attached hydrogen (secondary N) is 1. The van der Waals surface area contributed by atoms with Gasteiger partial charge in [-0.15, -0.1) is 0 Å². The molecule has 0 aliphatic carbocycles. The molecule has 0 saturated carbocycles. The Labute approximate surface area is 119 Å². The molecule has 20 heavy (non-hydrogen) atoms. The van der Waals surface area contributed by atoms with E-state index in [2.05, 4.69) is 5.32 Å². The van der Waals surface area contributed by atoms with E-state index in [9.17, 15) is 4.39 Å². The van der Waals surface area contributed by atoms with Crippen molar-refractivity contribution >= 4 is 0 Å². The van der Waals surface area contributed by atoms with Gasteiger partial charge in [0, 0.05) is 13.1 Å². The van der Waals surface area contributed by atoms with Crippen LogP contribution < -0.4 is 10.1 Å². The SMILES string of the molecule is Cc1cccc(OCCNCc2cc(F)ccc2C)c1. The summed E-state index contributed by atoms with van der Waals surface area (Å²) in [5.41, 5.74) is 3.27. The van der Waals surface area contributed by atoms with Crippen LogP contribution in [-0.4, -0.2) is 13.2 Å². The van der Waals surface area contributed by atoms with Gasteiger partial charge in [-0.25, -0.2) is 4.39 Å². The van der Waals surface area contributed by atoms with Gasteiger partial charge < -0.3 is 10.1 Å². The van der Waals surface area contributed by atoms with Crippen LogP contribution >= 0.6 is 0 Å². The zero-order valence-electron chi connectivity index (χ0n) is 11.9. The van der Waals surface area contributed by atoms with Crippen LogP contribution in [0.25, 0.3) is 0 Å². The monoisotopic (exact) mass is 273 g/mol. The molecular weight excluding hydrogens is 253 g/mol. The maximum absolute atomic E-state index is 13.1. The molecule has 0 fully saturated rings. The number of benzene rings is 2. The molecule has 0 radical (unpaired) electrons. The fourth-order valence-electron chi connectivity index (χ4n) is 2.00. The van der Waals surface area contributed by atoms with Crippen molar-refractivity contribution in [2.75, 3.05) is 13.2 Å². The van der Waals surface area contributed by atoms with Gasteiger partial charge in [0.25, 0.3) is 0 Å². The van der Waals surface area contributed by atoms with Gasteiger partial charge in [-0.2, -0.15) is 0 Å². The topological polar surface area (TPSA) is 21.3 Å². The summed E-state index contributed by atoms with van der Waals surface area (Å²) in [5.74, 6) is 0.692. The summed E-state index contributed by atoms with van der Waals surface area (Å²) < 4.78 is 18.8. The molecule has 1 N–H and O–H groups in total. The smallest absolute Gasteiger partial charge is 0.123 e. The maximum Gasteiger partial charge on any atom is 0.123 e. The minimum atomic E-state index is -0.191. The first kappa shape index (κ1) is 14.5. The van der Waals surface area contributed by atoms with Gasteiger partial charge in [0.15, 0.2) is 0 Å². The van der Waals surface area contributed by atoms with Crippen LogP contribution in [0, 0.1) is 19.7 Å². The van der Waals surface area contributed by atoms with Crippen molar-refractivity contribution in [1.29, 1.82) is 0 Å². The van der Waals surface area contributed by atoms with Crippen LogP contribution in [0.3, 0.4) is 0 Å². The molecule has 0 bridgehead atoms. The predicted octanol–water partition coefficient (Wildman–Crippen LogP) is 3.61. The second-order valence-corrected chi connectivity index (χ2v) is 4.91. The van der Waals surface area contributed by atoms with Crippen LogP contribution in [0.15, 0.2) is 42.5 Å². The molecule has 2 nitrogen and oxygen atoms in total. The third-order valence-electron chi connectivity index (χ3n) is 3.16. The van der Waals surface area contributed by atoms with Gasteiger partial charge in [0.2, 0.25) is 0 Å². The third kappa shape index (κ3) is 4.35. The van der Waals surface area contributed by atoms with Gasteiger partial charge in [-0.3, -0.25) is 0 Å². The Morgan fingerprint density at radius 2 is 1.95 bits per heavy atom. The number of hydrogen-bond acceptors (Lipinski definition) is 2. The number of ether oxygens (including phenoxy) is 1. The molecule has 2 aromatic carbocycles. The Hall–Kier alpha value is -1.87. The van der Waals surface area contributed by atoms with E-state index in [4.69, 9.17) is 4.74 Å². The van der Waals surface area contributed by atoms with Crippen molar-refractivity contribution in [3.8, 4) is 5.75 Å². The molecular formula is C17H20FNO. The molecule has 0 heterocycles. The number of aryl methyl sites for hydroxylation is 2. The first-order valence-corrected chi connectivity index (χ1v) is 6.80. The van der Waals surface area contributed by atoms with Crippen molar-refractivity contribution in [1.82, 2.24) is 5.32 Å². The van der Waals surface area contributed by atoms with Crippen molar-refractivity contribution in [2.24, 2.45) is 0 Å². The summed E-state index contributed by atoms with van der Waals surface area (Å²) in [7, 11) is 0. The number of hydrogen-bond donors (Lipinski definition) is 1. The Morgan fingerprint density at radius 1 is 1.10 bits per heavy atom. The normalized spacial score (nSPS) is 10.6. The Morgan fingerprint density at radius 3 is 2.75 bits per heavy atom. The summed E-state index contributed by atoms with van der Waals surface area (Å²) in [4.78, 5) is 0. The van der Waals surface area contributed by atoms with Gasteiger partial charge in [0.1, 0.15) is 18.2 Å². The minimum absolute atomic E-state index is 0.191. The summed E-state index contributed by atoms with van der Waals surface area (Å²) in [6.07, 6.45) is 0. The average molecular weight is 273 g/mol. The first-order chi connectivity index (χ1) is 9.65. The summed E-state index contributed by atoms with van der Waals surface area (Å²) in [6.45, 7) is 6.00. The lowest BCUT2D eigenvalue weighted by Gasteiger charge is -2.09. The van der Waals surface area contributed by atoms with E-state index in [0.29, 0.717) is 13.2 Å². The van der Waals surface area contributed by atoms with E-state index < -0.39 is 0 Å². The van der Waals surface area contributed by atoms with Crippen LogP contribution in [0.4, 0.5) is 4.39 Å². The van der Waals surface area contributed by atoms with E-state index in [1.54, 1.807) is 12.1 Å². The van der Waals surface area contributed by atoms with Crippen molar-refractivity contribution in [2.45, 2.75) is 20.4 Å².